The molecule has 0 spiro atoms. The topological polar surface area (TPSA) is 64.5 Å². The van der Waals surface area contributed by atoms with Gasteiger partial charge in [0.15, 0.2) is 0 Å². The quantitative estimate of drug-likeness (QED) is 0.192. The van der Waals surface area contributed by atoms with E-state index in [1.165, 1.54) is 10.8 Å². The van der Waals surface area contributed by atoms with E-state index in [1.807, 2.05) is 42.6 Å². The summed E-state index contributed by atoms with van der Waals surface area (Å²) in [6, 6.07) is 47.9. The van der Waals surface area contributed by atoms with E-state index < -0.39 is 0 Å². The third-order valence-corrected chi connectivity index (χ3v) is 8.50. The van der Waals surface area contributed by atoms with Crippen LogP contribution in [0.15, 0.2) is 152 Å². The van der Waals surface area contributed by atoms with Gasteiger partial charge in [-0.25, -0.2) is 19.9 Å². The van der Waals surface area contributed by atoms with Gasteiger partial charge in [0.1, 0.15) is 0 Å². The Morgan fingerprint density at radius 2 is 0.913 bits per heavy atom. The number of nitrogens with zero attached hydrogens (tertiary/aromatic N) is 5. The Morgan fingerprint density at radius 1 is 0.348 bits per heavy atom. The van der Waals surface area contributed by atoms with Crippen molar-refractivity contribution in [2.75, 3.05) is 0 Å². The number of fused-ring (bicyclic) bond motifs is 5. The summed E-state index contributed by atoms with van der Waals surface area (Å²) < 4.78 is 0. The van der Waals surface area contributed by atoms with E-state index in [9.17, 15) is 0 Å². The monoisotopic (exact) mass is 587 g/mol. The molecule has 0 atom stereocenters. The zero-order valence-corrected chi connectivity index (χ0v) is 24.7. The van der Waals surface area contributed by atoms with Crippen LogP contribution < -0.4 is 0 Å². The van der Waals surface area contributed by atoms with Crippen molar-refractivity contribution in [1.82, 2.24) is 24.9 Å². The molecule has 0 saturated carbocycles. The molecule has 0 radical (unpaired) electrons. The van der Waals surface area contributed by atoms with Crippen molar-refractivity contribution >= 4 is 43.6 Å². The third kappa shape index (κ3) is 4.54. The van der Waals surface area contributed by atoms with Crippen LogP contribution in [-0.2, 0) is 0 Å². The lowest BCUT2D eigenvalue weighted by atomic mass is 10.0. The Balaban J connectivity index is 1.18. The van der Waals surface area contributed by atoms with Crippen molar-refractivity contribution in [3.63, 3.8) is 0 Å². The second-order valence-electron chi connectivity index (χ2n) is 11.4. The third-order valence-electron chi connectivity index (χ3n) is 8.50. The van der Waals surface area contributed by atoms with Crippen LogP contribution in [0.4, 0.5) is 0 Å². The zero-order chi connectivity index (χ0) is 30.5. The van der Waals surface area contributed by atoms with Crippen molar-refractivity contribution in [3.8, 4) is 45.0 Å². The molecule has 0 saturated heterocycles. The van der Waals surface area contributed by atoms with Crippen LogP contribution >= 0.6 is 0 Å². The van der Waals surface area contributed by atoms with Gasteiger partial charge < -0.3 is 0 Å². The number of hydrogen-bond acceptors (Lipinski definition) is 5. The number of pyridine rings is 3. The number of para-hydroxylation sites is 2. The largest absolute Gasteiger partial charge is 0.264 e. The lowest BCUT2D eigenvalue weighted by Gasteiger charge is -2.12. The molecule has 4 heterocycles. The van der Waals surface area contributed by atoms with Gasteiger partial charge in [0.2, 0.25) is 0 Å². The second kappa shape index (κ2) is 10.7. The summed E-state index contributed by atoms with van der Waals surface area (Å²) >= 11 is 0. The molecule has 46 heavy (non-hydrogen) atoms. The Morgan fingerprint density at radius 3 is 1.61 bits per heavy atom. The van der Waals surface area contributed by atoms with E-state index in [1.54, 1.807) is 6.20 Å². The fourth-order valence-corrected chi connectivity index (χ4v) is 6.17. The van der Waals surface area contributed by atoms with Gasteiger partial charge in [0, 0.05) is 45.4 Å². The predicted molar refractivity (Wildman–Crippen MR) is 187 cm³/mol. The van der Waals surface area contributed by atoms with Crippen LogP contribution in [0.3, 0.4) is 0 Å². The highest BCUT2D eigenvalue weighted by Crippen LogP contribution is 2.34. The van der Waals surface area contributed by atoms with Gasteiger partial charge in [-0.15, -0.1) is 0 Å². The molecule has 9 rings (SSSR count). The minimum atomic E-state index is 0.798. The first-order chi connectivity index (χ1) is 22.8. The Labute approximate surface area is 264 Å². The summed E-state index contributed by atoms with van der Waals surface area (Å²) in [5.41, 5.74) is 10.8. The van der Waals surface area contributed by atoms with Crippen molar-refractivity contribution < 1.29 is 0 Å². The van der Waals surface area contributed by atoms with Gasteiger partial charge in [-0.3, -0.25) is 4.98 Å². The SMILES string of the molecule is c1cncc(-c2nc3ccccc3nc2-c2cccc(-c3ccc4ccc5ccc(-c6ccc7ccccc7c6)nc5c4n3)c2)c1. The normalized spacial score (nSPS) is 11.5. The number of aromatic nitrogens is 5. The molecular formula is C41H25N5. The minimum Gasteiger partial charge on any atom is -0.264 e. The van der Waals surface area contributed by atoms with Crippen molar-refractivity contribution in [2.24, 2.45) is 0 Å². The molecule has 0 unspecified atom stereocenters. The molecule has 5 heteroatoms. The van der Waals surface area contributed by atoms with E-state index >= 15 is 0 Å². The zero-order valence-electron chi connectivity index (χ0n) is 24.7. The lowest BCUT2D eigenvalue weighted by molar-refractivity contribution is 1.26. The highest BCUT2D eigenvalue weighted by atomic mass is 14.8. The fraction of sp³-hybridized carbons (Fsp3) is 0. The van der Waals surface area contributed by atoms with Crippen LogP contribution in [-0.4, -0.2) is 24.9 Å². The fourth-order valence-electron chi connectivity index (χ4n) is 6.17. The maximum absolute atomic E-state index is 5.22. The average Bonchev–Trinajstić information content (AvgIpc) is 3.14. The van der Waals surface area contributed by atoms with Gasteiger partial charge in [-0.2, -0.15) is 0 Å². The molecule has 5 nitrogen and oxygen atoms in total. The van der Waals surface area contributed by atoms with E-state index in [0.717, 1.165) is 77.9 Å². The van der Waals surface area contributed by atoms with Crippen LogP contribution in [0.2, 0.25) is 0 Å². The molecule has 4 aromatic heterocycles. The highest BCUT2D eigenvalue weighted by molar-refractivity contribution is 6.04. The number of benzene rings is 5. The molecule has 0 fully saturated rings. The molecular weight excluding hydrogens is 562 g/mol. The highest BCUT2D eigenvalue weighted by Gasteiger charge is 2.15. The maximum atomic E-state index is 5.22. The maximum Gasteiger partial charge on any atom is 0.0988 e. The molecule has 0 bridgehead atoms. The number of rotatable bonds is 4. The summed E-state index contributed by atoms with van der Waals surface area (Å²) in [7, 11) is 0. The van der Waals surface area contributed by atoms with E-state index in [-0.39, 0.29) is 0 Å². The number of hydrogen-bond donors (Lipinski definition) is 0. The van der Waals surface area contributed by atoms with E-state index in [2.05, 4.69) is 108 Å². The standard InChI is InChI=1S/C41H25N5/c1-2-8-29-23-31(17-14-26(29)7-1)35-21-19-28-16-15-27-18-20-34(43-38(27)39(28)44-35)30-9-5-10-32(24-30)40-41(33-11-6-22-42-25-33)46-37-13-4-3-12-36(37)45-40/h1-25H. The Hall–Kier alpha value is -6.33. The predicted octanol–water partition coefficient (Wildman–Crippen LogP) is 9.94. The second-order valence-corrected chi connectivity index (χ2v) is 11.4. The minimum absolute atomic E-state index is 0.798. The molecule has 0 aliphatic heterocycles. The van der Waals surface area contributed by atoms with Crippen molar-refractivity contribution in [3.05, 3.63) is 152 Å². The first-order valence-corrected chi connectivity index (χ1v) is 15.2. The summed E-state index contributed by atoms with van der Waals surface area (Å²) in [6.07, 6.45) is 3.61. The van der Waals surface area contributed by atoms with Crippen molar-refractivity contribution in [2.45, 2.75) is 0 Å². The first kappa shape index (κ1) is 26.1. The summed E-state index contributed by atoms with van der Waals surface area (Å²) in [6.45, 7) is 0. The van der Waals surface area contributed by atoms with Crippen LogP contribution in [0.5, 0.6) is 0 Å². The molecule has 0 amide bonds. The summed E-state index contributed by atoms with van der Waals surface area (Å²) in [4.78, 5) is 24.8. The molecule has 5 aromatic carbocycles. The van der Waals surface area contributed by atoms with Gasteiger partial charge >= 0.3 is 0 Å². The Bertz CT molecular complexity index is 2600. The van der Waals surface area contributed by atoms with E-state index in [0.29, 0.717) is 0 Å². The summed E-state index contributed by atoms with van der Waals surface area (Å²) in [5, 5.41) is 4.52. The van der Waals surface area contributed by atoms with E-state index in [4.69, 9.17) is 19.9 Å². The van der Waals surface area contributed by atoms with Gasteiger partial charge in [-0.05, 0) is 59.3 Å². The van der Waals surface area contributed by atoms with Gasteiger partial charge in [0.05, 0.1) is 44.8 Å². The molecule has 0 N–H and O–H groups in total. The first-order valence-electron chi connectivity index (χ1n) is 15.2. The average molecular weight is 588 g/mol. The Kier molecular flexibility index (Phi) is 6.06. The van der Waals surface area contributed by atoms with Crippen LogP contribution in [0, 0.1) is 0 Å². The van der Waals surface area contributed by atoms with Crippen LogP contribution in [0.25, 0.3) is 88.6 Å². The molecule has 9 aromatic rings. The smallest absolute Gasteiger partial charge is 0.0988 e. The van der Waals surface area contributed by atoms with Crippen molar-refractivity contribution in [1.29, 1.82) is 0 Å². The van der Waals surface area contributed by atoms with Gasteiger partial charge in [0.25, 0.3) is 0 Å². The molecule has 0 aliphatic rings. The molecule has 214 valence electrons. The van der Waals surface area contributed by atoms with Crippen LogP contribution in [0.1, 0.15) is 0 Å². The molecule has 0 aliphatic carbocycles. The summed E-state index contributed by atoms with van der Waals surface area (Å²) in [5.74, 6) is 0. The van der Waals surface area contributed by atoms with Gasteiger partial charge in [-0.1, -0.05) is 91.0 Å². The lowest BCUT2D eigenvalue weighted by Crippen LogP contribution is -1.96.